The molecule has 0 aliphatic rings. The van der Waals surface area contributed by atoms with Gasteiger partial charge in [0.05, 0.1) is 6.61 Å². The van der Waals surface area contributed by atoms with Crippen molar-refractivity contribution in [2.24, 2.45) is 0 Å². The molecule has 0 amide bonds. The average molecular weight is 180 g/mol. The summed E-state index contributed by atoms with van der Waals surface area (Å²) in [5.74, 6) is -2.09. The van der Waals surface area contributed by atoms with E-state index < -0.39 is 18.7 Å². The van der Waals surface area contributed by atoms with E-state index in [1.807, 2.05) is 0 Å². The number of hydrogen-bond acceptors (Lipinski definition) is 5. The lowest BCUT2D eigenvalue weighted by molar-refractivity contribution is -0.396. The fourth-order valence-corrected chi connectivity index (χ4v) is 0.763. The molecule has 0 aliphatic heterocycles. The van der Waals surface area contributed by atoms with E-state index in [2.05, 4.69) is 0 Å². The summed E-state index contributed by atoms with van der Waals surface area (Å²) in [6, 6.07) is 0. The van der Waals surface area contributed by atoms with Gasteiger partial charge in [0, 0.05) is 13.2 Å². The van der Waals surface area contributed by atoms with E-state index in [-0.39, 0.29) is 13.2 Å². The Bertz CT molecular complexity index is 110. The van der Waals surface area contributed by atoms with Gasteiger partial charge in [-0.25, -0.2) is 0 Å². The van der Waals surface area contributed by atoms with E-state index in [0.29, 0.717) is 0 Å². The molecule has 0 aliphatic carbocycles. The van der Waals surface area contributed by atoms with E-state index >= 15 is 0 Å². The first-order valence-corrected chi connectivity index (χ1v) is 3.89. The van der Waals surface area contributed by atoms with E-state index in [1.165, 1.54) is 0 Å². The summed E-state index contributed by atoms with van der Waals surface area (Å²) < 4.78 is 9.49. The van der Waals surface area contributed by atoms with Gasteiger partial charge in [0.1, 0.15) is 0 Å². The fourth-order valence-electron chi connectivity index (χ4n) is 0.763. The second-order valence-corrected chi connectivity index (χ2v) is 2.20. The molecule has 74 valence electrons. The third-order valence-electron chi connectivity index (χ3n) is 1.30. The minimum Gasteiger partial charge on any atom is -0.393 e. The number of hydrogen-bond donors (Lipinski definition) is 3. The Kier molecular flexibility index (Phi) is 5.36. The van der Waals surface area contributed by atoms with Crippen molar-refractivity contribution in [3.8, 4) is 0 Å². The molecule has 5 nitrogen and oxygen atoms in total. The number of aliphatic hydroxyl groups excluding tert-OH is 2. The van der Waals surface area contributed by atoms with Crippen LogP contribution in [-0.4, -0.2) is 47.2 Å². The normalized spacial score (nSPS) is 14.8. The van der Waals surface area contributed by atoms with Crippen molar-refractivity contribution in [2.45, 2.75) is 25.9 Å². The van der Waals surface area contributed by atoms with E-state index in [0.717, 1.165) is 0 Å². The zero-order chi connectivity index (χ0) is 9.61. The highest BCUT2D eigenvalue weighted by Gasteiger charge is 2.37. The third kappa shape index (κ3) is 3.04. The first-order chi connectivity index (χ1) is 5.60. The number of ether oxygens (including phenoxy) is 2. The van der Waals surface area contributed by atoms with Crippen LogP contribution in [0.4, 0.5) is 0 Å². The van der Waals surface area contributed by atoms with Crippen molar-refractivity contribution in [3.63, 3.8) is 0 Å². The maximum atomic E-state index is 9.43. The van der Waals surface area contributed by atoms with Crippen LogP contribution >= 0.6 is 0 Å². The highest BCUT2D eigenvalue weighted by molar-refractivity contribution is 4.65. The van der Waals surface area contributed by atoms with Crippen molar-refractivity contribution < 1.29 is 24.8 Å². The number of rotatable bonds is 6. The Labute approximate surface area is 71.5 Å². The molecule has 12 heavy (non-hydrogen) atoms. The monoisotopic (exact) mass is 180 g/mol. The largest absolute Gasteiger partial charge is 0.393 e. The van der Waals surface area contributed by atoms with Crippen LogP contribution in [0, 0.1) is 0 Å². The van der Waals surface area contributed by atoms with Crippen LogP contribution in [0.2, 0.25) is 0 Å². The molecule has 0 radical (unpaired) electrons. The standard InChI is InChI=1S/C7H16O5/c1-3-11-7(10,12-4-2)6(9)5-8/h6,8-10H,3-5H2,1-2H3. The molecule has 0 aromatic rings. The molecule has 3 N–H and O–H groups in total. The molecular weight excluding hydrogens is 164 g/mol. The number of aliphatic hydroxyl groups is 3. The van der Waals surface area contributed by atoms with Gasteiger partial charge in [-0.05, 0) is 13.8 Å². The van der Waals surface area contributed by atoms with Gasteiger partial charge in [-0.2, -0.15) is 0 Å². The first-order valence-electron chi connectivity index (χ1n) is 3.89. The molecule has 0 rings (SSSR count). The lowest BCUT2D eigenvalue weighted by atomic mass is 10.3. The SMILES string of the molecule is CCOC(O)(OCC)C(O)CO. The minimum atomic E-state index is -2.09. The van der Waals surface area contributed by atoms with Crippen LogP contribution in [0.15, 0.2) is 0 Å². The lowest BCUT2D eigenvalue weighted by Crippen LogP contribution is -2.49. The molecule has 1 atom stereocenters. The average Bonchev–Trinajstić information content (AvgIpc) is 2.04. The Balaban J connectivity index is 4.15. The summed E-state index contributed by atoms with van der Waals surface area (Å²) in [5.41, 5.74) is 0. The molecule has 0 spiro atoms. The first kappa shape index (κ1) is 11.8. The quantitative estimate of drug-likeness (QED) is 0.460. The van der Waals surface area contributed by atoms with Gasteiger partial charge in [0.2, 0.25) is 0 Å². The van der Waals surface area contributed by atoms with Crippen LogP contribution in [0.1, 0.15) is 13.8 Å². The smallest absolute Gasteiger partial charge is 0.310 e. The molecule has 0 aromatic carbocycles. The highest BCUT2D eigenvalue weighted by Crippen LogP contribution is 2.14. The van der Waals surface area contributed by atoms with E-state index in [4.69, 9.17) is 19.7 Å². The summed E-state index contributed by atoms with van der Waals surface area (Å²) in [4.78, 5) is 0. The Morgan fingerprint density at radius 1 is 1.25 bits per heavy atom. The molecule has 0 aromatic heterocycles. The van der Waals surface area contributed by atoms with Gasteiger partial charge in [0.15, 0.2) is 6.10 Å². The molecular formula is C7H16O5. The maximum Gasteiger partial charge on any atom is 0.310 e. The van der Waals surface area contributed by atoms with Gasteiger partial charge < -0.3 is 24.8 Å². The molecule has 0 heterocycles. The molecule has 0 fully saturated rings. The Hall–Kier alpha value is -0.200. The van der Waals surface area contributed by atoms with Crippen LogP contribution in [-0.2, 0) is 9.47 Å². The molecule has 5 heteroatoms. The Morgan fingerprint density at radius 3 is 1.92 bits per heavy atom. The van der Waals surface area contributed by atoms with Crippen LogP contribution in [0.25, 0.3) is 0 Å². The molecule has 0 saturated heterocycles. The molecule has 1 unspecified atom stereocenters. The predicted octanol–water partition coefficient (Wildman–Crippen LogP) is -0.941. The zero-order valence-corrected chi connectivity index (χ0v) is 7.36. The van der Waals surface area contributed by atoms with Crippen LogP contribution in [0.3, 0.4) is 0 Å². The second-order valence-electron chi connectivity index (χ2n) is 2.20. The summed E-state index contributed by atoms with van der Waals surface area (Å²) in [5, 5.41) is 27.1. The predicted molar refractivity (Wildman–Crippen MR) is 41.3 cm³/mol. The van der Waals surface area contributed by atoms with Crippen molar-refractivity contribution in [1.29, 1.82) is 0 Å². The second kappa shape index (κ2) is 5.45. The fraction of sp³-hybridized carbons (Fsp3) is 1.00. The summed E-state index contributed by atoms with van der Waals surface area (Å²) in [6.45, 7) is 3.06. The van der Waals surface area contributed by atoms with Crippen LogP contribution in [0.5, 0.6) is 0 Å². The van der Waals surface area contributed by atoms with Crippen molar-refractivity contribution in [2.75, 3.05) is 19.8 Å². The summed E-state index contributed by atoms with van der Waals surface area (Å²) >= 11 is 0. The molecule has 0 bridgehead atoms. The Morgan fingerprint density at radius 2 is 1.67 bits per heavy atom. The summed E-state index contributed by atoms with van der Waals surface area (Å²) in [7, 11) is 0. The van der Waals surface area contributed by atoms with E-state index in [1.54, 1.807) is 13.8 Å². The zero-order valence-electron chi connectivity index (χ0n) is 7.36. The van der Waals surface area contributed by atoms with Gasteiger partial charge in [-0.3, -0.25) is 0 Å². The van der Waals surface area contributed by atoms with Gasteiger partial charge >= 0.3 is 5.97 Å². The topological polar surface area (TPSA) is 79.2 Å². The molecule has 0 saturated carbocycles. The van der Waals surface area contributed by atoms with Crippen molar-refractivity contribution in [1.82, 2.24) is 0 Å². The van der Waals surface area contributed by atoms with Crippen LogP contribution < -0.4 is 0 Å². The van der Waals surface area contributed by atoms with Crippen molar-refractivity contribution in [3.05, 3.63) is 0 Å². The van der Waals surface area contributed by atoms with Crippen molar-refractivity contribution >= 4 is 0 Å². The van der Waals surface area contributed by atoms with Gasteiger partial charge in [-0.15, -0.1) is 0 Å². The maximum absolute atomic E-state index is 9.43. The summed E-state index contributed by atoms with van der Waals surface area (Å²) in [6.07, 6.45) is -1.45. The van der Waals surface area contributed by atoms with Gasteiger partial charge in [-0.1, -0.05) is 0 Å². The van der Waals surface area contributed by atoms with E-state index in [9.17, 15) is 5.11 Å². The lowest BCUT2D eigenvalue weighted by Gasteiger charge is -2.30. The highest BCUT2D eigenvalue weighted by atomic mass is 16.8. The third-order valence-corrected chi connectivity index (χ3v) is 1.30. The van der Waals surface area contributed by atoms with Gasteiger partial charge in [0.25, 0.3) is 0 Å². The minimum absolute atomic E-state index is 0.188.